The Morgan fingerprint density at radius 3 is 2.90 bits per heavy atom. The van der Waals surface area contributed by atoms with Crippen LogP contribution in [0.4, 0.5) is 0 Å². The monoisotopic (exact) mass is 301 g/mol. The van der Waals surface area contributed by atoms with E-state index in [0.29, 0.717) is 5.25 Å². The fourth-order valence-corrected chi connectivity index (χ4v) is 4.37. The van der Waals surface area contributed by atoms with E-state index in [4.69, 9.17) is 5.10 Å². The number of hydrogen-bond donors (Lipinski definition) is 1. The van der Waals surface area contributed by atoms with E-state index in [1.54, 1.807) is 0 Å². The Balaban J connectivity index is 1.72. The number of benzene rings is 1. The van der Waals surface area contributed by atoms with Crippen LogP contribution >= 0.6 is 11.8 Å². The minimum absolute atomic E-state index is 0.609. The van der Waals surface area contributed by atoms with Gasteiger partial charge in [0.1, 0.15) is 0 Å². The number of hydrogen-bond acceptors (Lipinski definition) is 3. The molecule has 21 heavy (non-hydrogen) atoms. The van der Waals surface area contributed by atoms with Crippen LogP contribution in [0.25, 0.3) is 0 Å². The van der Waals surface area contributed by atoms with Crippen molar-refractivity contribution in [3.63, 3.8) is 0 Å². The summed E-state index contributed by atoms with van der Waals surface area (Å²) in [5, 5.41) is 8.60. The number of likely N-dealkylation sites (N-methyl/N-ethyl adjacent to an activating group) is 1. The van der Waals surface area contributed by atoms with Crippen molar-refractivity contribution in [3.8, 4) is 0 Å². The molecule has 0 spiro atoms. The van der Waals surface area contributed by atoms with E-state index in [2.05, 4.69) is 48.1 Å². The lowest BCUT2D eigenvalue weighted by molar-refractivity contribution is 0.576. The molecule has 1 atom stereocenters. The zero-order chi connectivity index (χ0) is 14.8. The molecule has 2 aromatic rings. The van der Waals surface area contributed by atoms with Gasteiger partial charge in [-0.1, -0.05) is 18.2 Å². The Bertz CT molecular complexity index is 608. The number of aryl methyl sites for hydroxylation is 1. The molecule has 3 nitrogen and oxygen atoms in total. The second-order valence-corrected chi connectivity index (χ2v) is 7.08. The van der Waals surface area contributed by atoms with Crippen molar-refractivity contribution >= 4 is 11.8 Å². The molecule has 1 N–H and O–H groups in total. The zero-order valence-corrected chi connectivity index (χ0v) is 13.8. The molecule has 0 amide bonds. The van der Waals surface area contributed by atoms with E-state index >= 15 is 0 Å². The summed E-state index contributed by atoms with van der Waals surface area (Å²) in [5.74, 6) is 0. The van der Waals surface area contributed by atoms with Crippen molar-refractivity contribution in [3.05, 3.63) is 46.8 Å². The van der Waals surface area contributed by atoms with Crippen molar-refractivity contribution in [1.82, 2.24) is 15.1 Å². The Morgan fingerprint density at radius 1 is 1.33 bits per heavy atom. The van der Waals surface area contributed by atoms with E-state index in [1.165, 1.54) is 27.4 Å². The molecule has 4 heteroatoms. The quantitative estimate of drug-likeness (QED) is 0.921. The summed E-state index contributed by atoms with van der Waals surface area (Å²) in [6.07, 6.45) is 2.22. The third-order valence-electron chi connectivity index (χ3n) is 4.25. The molecular formula is C17H23N3S. The fraction of sp³-hybridized carbons (Fsp3) is 0.471. The van der Waals surface area contributed by atoms with Gasteiger partial charge in [0.2, 0.25) is 0 Å². The smallest absolute Gasteiger partial charge is 0.0628 e. The Morgan fingerprint density at radius 2 is 2.14 bits per heavy atom. The number of fused-ring (bicyclic) bond motifs is 1. The van der Waals surface area contributed by atoms with Crippen molar-refractivity contribution in [1.29, 1.82) is 0 Å². The first-order valence-electron chi connectivity index (χ1n) is 7.61. The SMILES string of the molecule is CNCCc1c(C)nn(CC2Cc3ccccc3S2)c1C. The van der Waals surface area contributed by atoms with Crippen LogP contribution in [-0.2, 0) is 19.4 Å². The normalized spacial score (nSPS) is 17.2. The highest BCUT2D eigenvalue weighted by Gasteiger charge is 2.23. The first-order valence-corrected chi connectivity index (χ1v) is 8.49. The number of thioether (sulfide) groups is 1. The average molecular weight is 301 g/mol. The minimum atomic E-state index is 0.609. The minimum Gasteiger partial charge on any atom is -0.319 e. The molecule has 0 fully saturated rings. The van der Waals surface area contributed by atoms with Gasteiger partial charge in [0.05, 0.1) is 12.2 Å². The number of rotatable bonds is 5. The highest BCUT2D eigenvalue weighted by atomic mass is 32.2. The van der Waals surface area contributed by atoms with Crippen molar-refractivity contribution in [2.75, 3.05) is 13.6 Å². The van der Waals surface area contributed by atoms with Crippen LogP contribution in [0.2, 0.25) is 0 Å². The van der Waals surface area contributed by atoms with Crippen molar-refractivity contribution < 1.29 is 0 Å². The van der Waals surface area contributed by atoms with Gasteiger partial charge in [0.25, 0.3) is 0 Å². The van der Waals surface area contributed by atoms with Gasteiger partial charge in [0, 0.05) is 15.8 Å². The third kappa shape index (κ3) is 3.01. The van der Waals surface area contributed by atoms with Gasteiger partial charge >= 0.3 is 0 Å². The van der Waals surface area contributed by atoms with Crippen LogP contribution in [0.3, 0.4) is 0 Å². The van der Waals surface area contributed by atoms with E-state index in [0.717, 1.165) is 25.9 Å². The van der Waals surface area contributed by atoms with Crippen LogP contribution in [0.5, 0.6) is 0 Å². The lowest BCUT2D eigenvalue weighted by Crippen LogP contribution is -2.15. The van der Waals surface area contributed by atoms with Crippen LogP contribution in [-0.4, -0.2) is 28.6 Å². The summed E-state index contributed by atoms with van der Waals surface area (Å²) in [6.45, 7) is 6.35. The highest BCUT2D eigenvalue weighted by molar-refractivity contribution is 8.00. The average Bonchev–Trinajstić information content (AvgIpc) is 2.99. The molecule has 1 aliphatic rings. The molecule has 0 saturated heterocycles. The topological polar surface area (TPSA) is 29.9 Å². The molecule has 0 bridgehead atoms. The van der Waals surface area contributed by atoms with E-state index in [9.17, 15) is 0 Å². The summed E-state index contributed by atoms with van der Waals surface area (Å²) in [5.41, 5.74) is 5.41. The Hall–Kier alpha value is -1.26. The number of aromatic nitrogens is 2. The predicted octanol–water partition coefficient (Wildman–Crippen LogP) is 2.98. The van der Waals surface area contributed by atoms with Gasteiger partial charge in [-0.05, 0) is 57.5 Å². The molecular weight excluding hydrogens is 278 g/mol. The maximum Gasteiger partial charge on any atom is 0.0628 e. The number of nitrogens with one attached hydrogen (secondary N) is 1. The summed E-state index contributed by atoms with van der Waals surface area (Å²) < 4.78 is 2.21. The summed E-state index contributed by atoms with van der Waals surface area (Å²) in [4.78, 5) is 1.44. The second kappa shape index (κ2) is 6.24. The van der Waals surface area contributed by atoms with E-state index < -0.39 is 0 Å². The molecule has 1 unspecified atom stereocenters. The zero-order valence-electron chi connectivity index (χ0n) is 13.0. The van der Waals surface area contributed by atoms with Crippen molar-refractivity contribution in [2.45, 2.75) is 43.4 Å². The van der Waals surface area contributed by atoms with Crippen LogP contribution in [0.1, 0.15) is 22.5 Å². The van der Waals surface area contributed by atoms with E-state index in [1.807, 2.05) is 18.8 Å². The highest BCUT2D eigenvalue weighted by Crippen LogP contribution is 2.37. The first kappa shape index (κ1) is 14.7. The molecule has 1 aliphatic heterocycles. The van der Waals surface area contributed by atoms with Gasteiger partial charge in [-0.2, -0.15) is 5.10 Å². The summed E-state index contributed by atoms with van der Waals surface area (Å²) >= 11 is 2.00. The van der Waals surface area contributed by atoms with E-state index in [-0.39, 0.29) is 0 Å². The van der Waals surface area contributed by atoms with Crippen LogP contribution in [0, 0.1) is 13.8 Å². The fourth-order valence-electron chi connectivity index (χ4n) is 3.07. The molecule has 1 aromatic carbocycles. The molecule has 1 aromatic heterocycles. The number of nitrogens with zero attached hydrogens (tertiary/aromatic N) is 2. The molecule has 0 aliphatic carbocycles. The first-order chi connectivity index (χ1) is 10.2. The third-order valence-corrected chi connectivity index (χ3v) is 5.55. The molecule has 3 rings (SSSR count). The Kier molecular flexibility index (Phi) is 4.36. The predicted molar refractivity (Wildman–Crippen MR) is 89.1 cm³/mol. The molecule has 2 heterocycles. The maximum absolute atomic E-state index is 4.76. The second-order valence-electron chi connectivity index (χ2n) is 5.74. The van der Waals surface area contributed by atoms with Crippen LogP contribution in [0.15, 0.2) is 29.2 Å². The van der Waals surface area contributed by atoms with Gasteiger partial charge in [-0.15, -0.1) is 11.8 Å². The lowest BCUT2D eigenvalue weighted by atomic mass is 10.1. The Labute approximate surface area is 131 Å². The van der Waals surface area contributed by atoms with Gasteiger partial charge in [0.15, 0.2) is 0 Å². The summed E-state index contributed by atoms with van der Waals surface area (Å²) in [6, 6.07) is 8.76. The standard InChI is InChI=1S/C17H23N3S/c1-12-16(8-9-18-3)13(2)20(19-12)11-15-10-14-6-4-5-7-17(14)21-15/h4-7,15,18H,8-11H2,1-3H3. The van der Waals surface area contributed by atoms with Crippen molar-refractivity contribution in [2.24, 2.45) is 0 Å². The lowest BCUT2D eigenvalue weighted by Gasteiger charge is -2.11. The van der Waals surface area contributed by atoms with Gasteiger partial charge in [-0.25, -0.2) is 0 Å². The summed E-state index contributed by atoms with van der Waals surface area (Å²) in [7, 11) is 2.00. The largest absolute Gasteiger partial charge is 0.319 e. The maximum atomic E-state index is 4.76. The van der Waals surface area contributed by atoms with Gasteiger partial charge < -0.3 is 5.32 Å². The van der Waals surface area contributed by atoms with Crippen LogP contribution < -0.4 is 5.32 Å². The molecule has 112 valence electrons. The van der Waals surface area contributed by atoms with Gasteiger partial charge in [-0.3, -0.25) is 4.68 Å². The molecule has 0 saturated carbocycles. The molecule has 0 radical (unpaired) electrons.